The largest absolute Gasteiger partial charge is 0.496 e. The van der Waals surface area contributed by atoms with Crippen molar-refractivity contribution in [3.05, 3.63) is 64.1 Å². The van der Waals surface area contributed by atoms with Crippen LogP contribution in [-0.4, -0.2) is 31.7 Å². The number of amides is 2. The van der Waals surface area contributed by atoms with E-state index in [-0.39, 0.29) is 12.5 Å². The lowest BCUT2D eigenvalue weighted by Gasteiger charge is -2.05. The summed E-state index contributed by atoms with van der Waals surface area (Å²) in [5.41, 5.74) is 3.55. The summed E-state index contributed by atoms with van der Waals surface area (Å²) in [5, 5.41) is 6.38. The number of nitrogens with one attached hydrogen (secondary N) is 2. The number of hydrogen-bond acceptors (Lipinski definition) is 4. The van der Waals surface area contributed by atoms with Crippen LogP contribution in [0, 0.1) is 0 Å². The summed E-state index contributed by atoms with van der Waals surface area (Å²) >= 11 is 3.29. The van der Waals surface area contributed by atoms with Crippen LogP contribution in [0.15, 0.2) is 58.1 Å². The molecule has 2 aromatic carbocycles. The lowest BCUT2D eigenvalue weighted by molar-refractivity contribution is -0.120. The van der Waals surface area contributed by atoms with Crippen molar-refractivity contribution >= 4 is 34.0 Å². The summed E-state index contributed by atoms with van der Waals surface area (Å²) in [5.74, 6) is -0.108. The Hall–Kier alpha value is -2.67. The van der Waals surface area contributed by atoms with Gasteiger partial charge in [0.05, 0.1) is 19.9 Å². The minimum atomic E-state index is -0.426. The maximum absolute atomic E-state index is 11.9. The fraction of sp³-hybridized carbons (Fsp3) is 0.118. The molecule has 0 saturated heterocycles. The average Bonchev–Trinajstić information content (AvgIpc) is 2.60. The molecule has 0 spiro atoms. The van der Waals surface area contributed by atoms with E-state index >= 15 is 0 Å². The number of methoxy groups -OCH3 is 1. The Morgan fingerprint density at radius 1 is 1.21 bits per heavy atom. The number of ether oxygens (including phenoxy) is 1. The summed E-state index contributed by atoms with van der Waals surface area (Å²) in [7, 11) is 1.56. The summed E-state index contributed by atoms with van der Waals surface area (Å²) in [6.07, 6.45) is 1.48. The quantitative estimate of drug-likeness (QED) is 0.587. The SMILES string of the molecule is COc1ccccc1/C=N\NC(=O)CNC(=O)c1cccc(Br)c1. The Bertz CT molecular complexity index is 762. The maximum atomic E-state index is 11.9. The number of carbonyl (C=O) groups excluding carboxylic acids is 2. The zero-order valence-electron chi connectivity index (χ0n) is 13.0. The van der Waals surface area contributed by atoms with E-state index in [9.17, 15) is 9.59 Å². The van der Waals surface area contributed by atoms with Gasteiger partial charge in [-0.05, 0) is 30.3 Å². The summed E-state index contributed by atoms with van der Waals surface area (Å²) in [4.78, 5) is 23.6. The Morgan fingerprint density at radius 3 is 2.75 bits per heavy atom. The van der Waals surface area contributed by atoms with E-state index in [1.807, 2.05) is 24.3 Å². The minimum absolute atomic E-state index is 0.172. The standard InChI is InChI=1S/C17H16BrN3O3/c1-24-15-8-3-2-5-13(15)10-20-21-16(22)11-19-17(23)12-6-4-7-14(18)9-12/h2-10H,11H2,1H3,(H,19,23)(H,21,22)/b20-10-. The van der Waals surface area contributed by atoms with E-state index in [2.05, 4.69) is 31.8 Å². The second-order valence-electron chi connectivity index (χ2n) is 4.73. The van der Waals surface area contributed by atoms with Gasteiger partial charge >= 0.3 is 0 Å². The van der Waals surface area contributed by atoms with Crippen molar-refractivity contribution in [3.8, 4) is 5.75 Å². The van der Waals surface area contributed by atoms with Crippen molar-refractivity contribution in [2.75, 3.05) is 13.7 Å². The summed E-state index contributed by atoms with van der Waals surface area (Å²) in [6.45, 7) is -0.172. The van der Waals surface area contributed by atoms with E-state index in [1.54, 1.807) is 31.4 Å². The third-order valence-corrected chi connectivity index (χ3v) is 3.52. The Labute approximate surface area is 148 Å². The monoisotopic (exact) mass is 389 g/mol. The van der Waals surface area contributed by atoms with Gasteiger partial charge in [-0.25, -0.2) is 5.43 Å². The van der Waals surface area contributed by atoms with Crippen LogP contribution in [0.4, 0.5) is 0 Å². The van der Waals surface area contributed by atoms with Gasteiger partial charge in [0.25, 0.3) is 11.8 Å². The number of para-hydroxylation sites is 1. The molecule has 0 radical (unpaired) electrons. The smallest absolute Gasteiger partial charge is 0.259 e. The molecule has 2 aromatic rings. The molecule has 124 valence electrons. The van der Waals surface area contributed by atoms with Crippen LogP contribution < -0.4 is 15.5 Å². The Balaban J connectivity index is 1.83. The molecular weight excluding hydrogens is 374 g/mol. The van der Waals surface area contributed by atoms with Gasteiger partial charge in [0, 0.05) is 15.6 Å². The van der Waals surface area contributed by atoms with E-state index in [0.717, 1.165) is 10.0 Å². The normalized spacial score (nSPS) is 10.4. The molecular formula is C17H16BrN3O3. The zero-order valence-corrected chi connectivity index (χ0v) is 14.5. The lowest BCUT2D eigenvalue weighted by atomic mass is 10.2. The van der Waals surface area contributed by atoms with E-state index in [0.29, 0.717) is 11.3 Å². The molecule has 0 unspecified atom stereocenters. The van der Waals surface area contributed by atoms with Crippen molar-refractivity contribution < 1.29 is 14.3 Å². The highest BCUT2D eigenvalue weighted by atomic mass is 79.9. The van der Waals surface area contributed by atoms with Gasteiger partial charge in [-0.15, -0.1) is 0 Å². The molecule has 2 amide bonds. The zero-order chi connectivity index (χ0) is 17.4. The Morgan fingerprint density at radius 2 is 2.00 bits per heavy atom. The third-order valence-electron chi connectivity index (χ3n) is 3.03. The molecule has 2 N–H and O–H groups in total. The van der Waals surface area contributed by atoms with Gasteiger partial charge in [0.2, 0.25) is 0 Å². The van der Waals surface area contributed by atoms with Crippen molar-refractivity contribution in [1.29, 1.82) is 0 Å². The first kappa shape index (κ1) is 17.7. The van der Waals surface area contributed by atoms with Gasteiger partial charge in [0.15, 0.2) is 0 Å². The average molecular weight is 390 g/mol. The molecule has 0 aliphatic rings. The van der Waals surface area contributed by atoms with Crippen molar-refractivity contribution in [1.82, 2.24) is 10.7 Å². The number of hydrogen-bond donors (Lipinski definition) is 2. The number of nitrogens with zero attached hydrogens (tertiary/aromatic N) is 1. The van der Waals surface area contributed by atoms with Crippen LogP contribution >= 0.6 is 15.9 Å². The molecule has 0 atom stereocenters. The lowest BCUT2D eigenvalue weighted by Crippen LogP contribution is -2.34. The van der Waals surface area contributed by atoms with Gasteiger partial charge in [0.1, 0.15) is 5.75 Å². The molecule has 24 heavy (non-hydrogen) atoms. The second kappa shape index (κ2) is 8.83. The van der Waals surface area contributed by atoms with E-state index < -0.39 is 5.91 Å². The molecule has 0 aliphatic carbocycles. The molecule has 0 aliphatic heterocycles. The molecule has 0 heterocycles. The van der Waals surface area contributed by atoms with Crippen molar-refractivity contribution in [3.63, 3.8) is 0 Å². The molecule has 0 aromatic heterocycles. The Kier molecular flexibility index (Phi) is 6.51. The molecule has 7 heteroatoms. The fourth-order valence-corrected chi connectivity index (χ4v) is 2.28. The van der Waals surface area contributed by atoms with Crippen LogP contribution in [0.25, 0.3) is 0 Å². The van der Waals surface area contributed by atoms with Gasteiger partial charge in [-0.3, -0.25) is 9.59 Å². The molecule has 0 saturated carbocycles. The summed E-state index contributed by atoms with van der Waals surface area (Å²) < 4.78 is 5.97. The molecule has 0 bridgehead atoms. The van der Waals surface area contributed by atoms with Crippen molar-refractivity contribution in [2.45, 2.75) is 0 Å². The number of benzene rings is 2. The number of halogens is 1. The third kappa shape index (κ3) is 5.20. The topological polar surface area (TPSA) is 79.8 Å². The minimum Gasteiger partial charge on any atom is -0.496 e. The molecule has 2 rings (SSSR count). The molecule has 6 nitrogen and oxygen atoms in total. The maximum Gasteiger partial charge on any atom is 0.259 e. The first-order chi connectivity index (χ1) is 11.6. The summed E-state index contributed by atoms with van der Waals surface area (Å²) in [6, 6.07) is 14.2. The highest BCUT2D eigenvalue weighted by molar-refractivity contribution is 9.10. The van der Waals surface area contributed by atoms with Crippen LogP contribution in [-0.2, 0) is 4.79 Å². The van der Waals surface area contributed by atoms with Crippen LogP contribution in [0.5, 0.6) is 5.75 Å². The van der Waals surface area contributed by atoms with Crippen LogP contribution in [0.1, 0.15) is 15.9 Å². The first-order valence-corrected chi connectivity index (χ1v) is 7.88. The van der Waals surface area contributed by atoms with Crippen molar-refractivity contribution in [2.24, 2.45) is 5.10 Å². The highest BCUT2D eigenvalue weighted by Gasteiger charge is 2.07. The number of rotatable bonds is 6. The number of carbonyl (C=O) groups is 2. The predicted octanol–water partition coefficient (Wildman–Crippen LogP) is 2.34. The van der Waals surface area contributed by atoms with Gasteiger partial charge in [-0.1, -0.05) is 34.1 Å². The van der Waals surface area contributed by atoms with E-state index in [4.69, 9.17) is 4.74 Å². The predicted molar refractivity (Wildman–Crippen MR) is 95.2 cm³/mol. The van der Waals surface area contributed by atoms with Gasteiger partial charge in [-0.2, -0.15) is 5.10 Å². The number of hydrazone groups is 1. The highest BCUT2D eigenvalue weighted by Crippen LogP contribution is 2.14. The second-order valence-corrected chi connectivity index (χ2v) is 5.64. The molecule has 0 fully saturated rings. The fourth-order valence-electron chi connectivity index (χ4n) is 1.88. The first-order valence-electron chi connectivity index (χ1n) is 7.09. The van der Waals surface area contributed by atoms with E-state index in [1.165, 1.54) is 6.21 Å². The van der Waals surface area contributed by atoms with Crippen LogP contribution in [0.3, 0.4) is 0 Å². The van der Waals surface area contributed by atoms with Gasteiger partial charge < -0.3 is 10.1 Å². The van der Waals surface area contributed by atoms with Crippen LogP contribution in [0.2, 0.25) is 0 Å².